The highest BCUT2D eigenvalue weighted by Crippen LogP contribution is 2.18. The van der Waals surface area contributed by atoms with Crippen molar-refractivity contribution in [3.8, 4) is 5.75 Å². The number of ether oxygens (including phenoxy) is 2. The molecule has 2 aromatic carbocycles. The van der Waals surface area contributed by atoms with Gasteiger partial charge in [0.15, 0.2) is 0 Å². The molecule has 1 aliphatic rings. The summed E-state index contributed by atoms with van der Waals surface area (Å²) >= 11 is 0. The minimum absolute atomic E-state index is 0.269. The summed E-state index contributed by atoms with van der Waals surface area (Å²) < 4.78 is 11.3. The van der Waals surface area contributed by atoms with E-state index in [1.165, 1.54) is 5.56 Å². The first-order valence-corrected chi connectivity index (χ1v) is 8.52. The van der Waals surface area contributed by atoms with Gasteiger partial charge in [0.1, 0.15) is 12.4 Å². The van der Waals surface area contributed by atoms with Gasteiger partial charge in [0.25, 0.3) is 0 Å². The summed E-state index contributed by atoms with van der Waals surface area (Å²) in [6.07, 6.45) is 4.77. The summed E-state index contributed by atoms with van der Waals surface area (Å²) in [4.78, 5) is 0. The molecule has 2 aromatic rings. The molecule has 3 heteroatoms. The van der Waals surface area contributed by atoms with Crippen LogP contribution in [0.4, 0.5) is 5.69 Å². The topological polar surface area (TPSA) is 30.5 Å². The molecule has 0 spiro atoms. The monoisotopic (exact) mass is 311 g/mol. The van der Waals surface area contributed by atoms with Crippen molar-refractivity contribution < 1.29 is 9.47 Å². The summed E-state index contributed by atoms with van der Waals surface area (Å²) in [6, 6.07) is 18.8. The van der Waals surface area contributed by atoms with E-state index in [1.54, 1.807) is 0 Å². The molecule has 1 atom stereocenters. The normalized spacial score (nSPS) is 17.1. The van der Waals surface area contributed by atoms with E-state index < -0.39 is 0 Å². The quantitative estimate of drug-likeness (QED) is 0.738. The first-order valence-electron chi connectivity index (χ1n) is 8.52. The molecule has 1 N–H and O–H groups in total. The van der Waals surface area contributed by atoms with Crippen LogP contribution in [-0.2, 0) is 11.2 Å². The van der Waals surface area contributed by atoms with Crippen LogP contribution in [0.25, 0.3) is 0 Å². The van der Waals surface area contributed by atoms with E-state index in [2.05, 4.69) is 47.8 Å². The lowest BCUT2D eigenvalue weighted by atomic mass is 10.1. The van der Waals surface area contributed by atoms with Crippen LogP contribution in [0.1, 0.15) is 24.8 Å². The van der Waals surface area contributed by atoms with Crippen LogP contribution in [0.5, 0.6) is 5.75 Å². The third kappa shape index (κ3) is 5.29. The molecular weight excluding hydrogens is 286 g/mol. The second-order valence-corrected chi connectivity index (χ2v) is 5.99. The summed E-state index contributed by atoms with van der Waals surface area (Å²) in [5, 5.41) is 3.46. The predicted molar refractivity (Wildman–Crippen MR) is 94.2 cm³/mol. The maximum absolute atomic E-state index is 5.78. The number of benzene rings is 2. The van der Waals surface area contributed by atoms with Crippen molar-refractivity contribution in [2.24, 2.45) is 0 Å². The Labute approximate surface area is 138 Å². The molecule has 0 radical (unpaired) electrons. The van der Waals surface area contributed by atoms with E-state index in [1.807, 2.05) is 12.1 Å². The van der Waals surface area contributed by atoms with Crippen LogP contribution in [0.3, 0.4) is 0 Å². The summed E-state index contributed by atoms with van der Waals surface area (Å²) in [5.74, 6) is 0.912. The van der Waals surface area contributed by atoms with Crippen LogP contribution in [0, 0.1) is 0 Å². The van der Waals surface area contributed by atoms with Crippen LogP contribution >= 0.6 is 0 Å². The minimum atomic E-state index is 0.269. The molecule has 3 nitrogen and oxygen atoms in total. The third-order valence-electron chi connectivity index (χ3n) is 4.13. The Morgan fingerprint density at radius 1 is 1.04 bits per heavy atom. The maximum Gasteiger partial charge on any atom is 0.119 e. The number of anilines is 1. The molecule has 0 amide bonds. The molecular formula is C20H25NO2. The van der Waals surface area contributed by atoms with Crippen molar-refractivity contribution in [3.05, 3.63) is 60.2 Å². The highest BCUT2D eigenvalue weighted by atomic mass is 16.5. The lowest BCUT2D eigenvalue weighted by molar-refractivity contribution is 0.0679. The SMILES string of the molecule is c1ccc(CCCNc2ccc(OCC3CCCO3)cc2)cc1. The average Bonchev–Trinajstić information content (AvgIpc) is 3.12. The molecule has 1 heterocycles. The lowest BCUT2D eigenvalue weighted by Gasteiger charge is -2.12. The van der Waals surface area contributed by atoms with Crippen molar-refractivity contribution in [2.45, 2.75) is 31.8 Å². The van der Waals surface area contributed by atoms with Gasteiger partial charge in [-0.2, -0.15) is 0 Å². The van der Waals surface area contributed by atoms with E-state index in [0.29, 0.717) is 6.61 Å². The zero-order valence-corrected chi connectivity index (χ0v) is 13.5. The first-order chi connectivity index (χ1) is 11.4. The first kappa shape index (κ1) is 15.9. The number of rotatable bonds is 8. The molecule has 0 saturated carbocycles. The molecule has 1 fully saturated rings. The van der Waals surface area contributed by atoms with Crippen molar-refractivity contribution >= 4 is 5.69 Å². The third-order valence-corrected chi connectivity index (χ3v) is 4.13. The van der Waals surface area contributed by atoms with Gasteiger partial charge in [-0.15, -0.1) is 0 Å². The largest absolute Gasteiger partial charge is 0.491 e. The smallest absolute Gasteiger partial charge is 0.119 e. The van der Waals surface area contributed by atoms with Crippen molar-refractivity contribution in [1.29, 1.82) is 0 Å². The summed E-state index contributed by atoms with van der Waals surface area (Å²) in [7, 11) is 0. The lowest BCUT2D eigenvalue weighted by Crippen LogP contribution is -2.16. The Morgan fingerprint density at radius 2 is 1.87 bits per heavy atom. The molecule has 0 bridgehead atoms. The predicted octanol–water partition coefficient (Wildman–Crippen LogP) is 4.29. The Kier molecular flexibility index (Phi) is 5.93. The molecule has 1 unspecified atom stereocenters. The molecule has 1 saturated heterocycles. The van der Waals surface area contributed by atoms with Crippen molar-refractivity contribution in [3.63, 3.8) is 0 Å². The molecule has 3 rings (SSSR count). The van der Waals surface area contributed by atoms with Gasteiger partial charge in [-0.1, -0.05) is 30.3 Å². The molecule has 0 aromatic heterocycles. The number of aryl methyl sites for hydroxylation is 1. The number of nitrogens with one attached hydrogen (secondary N) is 1. The van der Waals surface area contributed by atoms with Crippen LogP contribution in [-0.4, -0.2) is 25.9 Å². The summed E-state index contributed by atoms with van der Waals surface area (Å²) in [5.41, 5.74) is 2.54. The molecule has 0 aliphatic carbocycles. The van der Waals surface area contributed by atoms with E-state index in [9.17, 15) is 0 Å². The van der Waals surface area contributed by atoms with Crippen LogP contribution in [0.15, 0.2) is 54.6 Å². The Balaban J connectivity index is 1.35. The summed E-state index contributed by atoms with van der Waals surface area (Å²) in [6.45, 7) is 2.51. The fraction of sp³-hybridized carbons (Fsp3) is 0.400. The molecule has 122 valence electrons. The van der Waals surface area contributed by atoms with Crippen LogP contribution in [0.2, 0.25) is 0 Å². The Bertz CT molecular complexity index is 562. The number of hydrogen-bond acceptors (Lipinski definition) is 3. The van der Waals surface area contributed by atoms with Gasteiger partial charge in [-0.25, -0.2) is 0 Å². The fourth-order valence-corrected chi connectivity index (χ4v) is 2.80. The zero-order valence-electron chi connectivity index (χ0n) is 13.5. The van der Waals surface area contributed by atoms with E-state index in [-0.39, 0.29) is 6.10 Å². The van der Waals surface area contributed by atoms with Gasteiger partial charge in [-0.05, 0) is 55.5 Å². The fourth-order valence-electron chi connectivity index (χ4n) is 2.80. The second-order valence-electron chi connectivity index (χ2n) is 5.99. The van der Waals surface area contributed by atoms with Gasteiger partial charge in [0.2, 0.25) is 0 Å². The van der Waals surface area contributed by atoms with Crippen molar-refractivity contribution in [1.82, 2.24) is 0 Å². The zero-order chi connectivity index (χ0) is 15.7. The van der Waals surface area contributed by atoms with Crippen molar-refractivity contribution in [2.75, 3.05) is 25.1 Å². The average molecular weight is 311 g/mol. The van der Waals surface area contributed by atoms with E-state index >= 15 is 0 Å². The number of hydrogen-bond donors (Lipinski definition) is 1. The molecule has 1 aliphatic heterocycles. The highest BCUT2D eigenvalue weighted by Gasteiger charge is 2.15. The second kappa shape index (κ2) is 8.59. The Hall–Kier alpha value is -2.00. The van der Waals surface area contributed by atoms with Gasteiger partial charge < -0.3 is 14.8 Å². The van der Waals surface area contributed by atoms with Gasteiger partial charge >= 0.3 is 0 Å². The standard InChI is InChI=1S/C20H25NO2/c1-2-6-17(7-3-1)8-4-14-21-18-10-12-19(13-11-18)23-16-20-9-5-15-22-20/h1-3,6-7,10-13,20-21H,4-5,8-9,14-16H2. The van der Waals surface area contributed by atoms with E-state index in [0.717, 1.165) is 50.3 Å². The minimum Gasteiger partial charge on any atom is -0.491 e. The Morgan fingerprint density at radius 3 is 2.61 bits per heavy atom. The van der Waals surface area contributed by atoms with Crippen LogP contribution < -0.4 is 10.1 Å². The van der Waals surface area contributed by atoms with E-state index in [4.69, 9.17) is 9.47 Å². The molecule has 23 heavy (non-hydrogen) atoms. The maximum atomic E-state index is 5.78. The van der Waals surface area contributed by atoms with Gasteiger partial charge in [-0.3, -0.25) is 0 Å². The van der Waals surface area contributed by atoms with Gasteiger partial charge in [0, 0.05) is 18.8 Å². The van der Waals surface area contributed by atoms with Gasteiger partial charge in [0.05, 0.1) is 6.10 Å². The highest BCUT2D eigenvalue weighted by molar-refractivity contribution is 5.46.